The number of esters is 1. The van der Waals surface area contributed by atoms with Gasteiger partial charge in [0.05, 0.1) is 52.3 Å². The Morgan fingerprint density at radius 1 is 0.976 bits per heavy atom. The summed E-state index contributed by atoms with van der Waals surface area (Å²) in [7, 11) is 5.85. The lowest BCUT2D eigenvalue weighted by molar-refractivity contribution is 0.0596. The van der Waals surface area contributed by atoms with E-state index in [9.17, 15) is 14.7 Å². The maximum absolute atomic E-state index is 13.9. The van der Waals surface area contributed by atoms with E-state index in [0.717, 1.165) is 25.0 Å². The fourth-order valence-corrected chi connectivity index (χ4v) is 5.52. The molecule has 0 bridgehead atoms. The summed E-state index contributed by atoms with van der Waals surface area (Å²) in [5.74, 6) is -0.170. The molecule has 4 rings (SSSR count). The number of rotatable bonds is 13. The molecule has 1 heterocycles. The summed E-state index contributed by atoms with van der Waals surface area (Å²) in [5.41, 5.74) is 2.15. The number of nitrogens with zero attached hydrogens (tertiary/aromatic N) is 1. The molecule has 3 aromatic rings. The summed E-state index contributed by atoms with van der Waals surface area (Å²) in [6.07, 6.45) is 3.08. The highest BCUT2D eigenvalue weighted by atomic mass is 16.5. The SMILES string of the molecule is COC(=O)c1c(Cc2ccccc2)ccc(C(=O)CN(c2ccc(OC)c(OC)c2OC)C(C)CC2CCCO2)c1O. The topological polar surface area (TPSA) is 104 Å². The van der Waals surface area contributed by atoms with Crippen LogP contribution in [0.25, 0.3) is 0 Å². The van der Waals surface area contributed by atoms with Gasteiger partial charge in [-0.15, -0.1) is 0 Å². The molecule has 2 unspecified atom stereocenters. The quantitative estimate of drug-likeness (QED) is 0.210. The van der Waals surface area contributed by atoms with Crippen LogP contribution in [0.15, 0.2) is 54.6 Å². The zero-order valence-electron chi connectivity index (χ0n) is 24.8. The highest BCUT2D eigenvalue weighted by molar-refractivity contribution is 6.06. The molecule has 0 saturated carbocycles. The maximum atomic E-state index is 13.9. The number of carbonyl (C=O) groups is 2. The van der Waals surface area contributed by atoms with Crippen molar-refractivity contribution in [2.24, 2.45) is 0 Å². The second kappa shape index (κ2) is 14.1. The van der Waals surface area contributed by atoms with Crippen molar-refractivity contribution in [1.29, 1.82) is 0 Å². The summed E-state index contributed by atoms with van der Waals surface area (Å²) in [5, 5.41) is 11.3. The van der Waals surface area contributed by atoms with Gasteiger partial charge in [-0.2, -0.15) is 0 Å². The van der Waals surface area contributed by atoms with Gasteiger partial charge in [0.25, 0.3) is 0 Å². The number of phenols is 1. The number of anilines is 1. The van der Waals surface area contributed by atoms with E-state index in [0.29, 0.717) is 41.3 Å². The van der Waals surface area contributed by atoms with Crippen molar-refractivity contribution in [2.75, 3.05) is 46.5 Å². The lowest BCUT2D eigenvalue weighted by Gasteiger charge is -2.34. The fraction of sp³-hybridized carbons (Fsp3) is 0.394. The molecule has 0 aromatic heterocycles. The molecule has 0 aliphatic carbocycles. The molecule has 42 heavy (non-hydrogen) atoms. The molecule has 1 N–H and O–H groups in total. The molecule has 3 aromatic carbocycles. The van der Waals surface area contributed by atoms with Crippen molar-refractivity contribution in [3.05, 3.63) is 76.9 Å². The van der Waals surface area contributed by atoms with Gasteiger partial charge in [0.1, 0.15) is 11.3 Å². The van der Waals surface area contributed by atoms with Crippen molar-refractivity contribution < 1.29 is 38.4 Å². The Bertz CT molecular complexity index is 1380. The monoisotopic (exact) mass is 577 g/mol. The molecule has 0 amide bonds. The summed E-state index contributed by atoms with van der Waals surface area (Å²) in [4.78, 5) is 28.7. The molecular weight excluding hydrogens is 538 g/mol. The molecule has 1 fully saturated rings. The predicted octanol–water partition coefficient (Wildman–Crippen LogP) is 5.44. The van der Waals surface area contributed by atoms with Crippen molar-refractivity contribution in [3.63, 3.8) is 0 Å². The summed E-state index contributed by atoms with van der Waals surface area (Å²) in [6, 6.07) is 16.3. The maximum Gasteiger partial charge on any atom is 0.341 e. The Kier molecular flexibility index (Phi) is 10.3. The number of carbonyl (C=O) groups excluding carboxylic acids is 2. The van der Waals surface area contributed by atoms with Gasteiger partial charge in [0, 0.05) is 12.6 Å². The van der Waals surface area contributed by atoms with Crippen LogP contribution in [-0.4, -0.2) is 70.6 Å². The first-order valence-corrected chi connectivity index (χ1v) is 14.0. The number of phenolic OH excluding ortho intramolecular Hbond substituents is 1. The Balaban J connectivity index is 1.73. The van der Waals surface area contributed by atoms with Crippen LogP contribution in [0.1, 0.15) is 58.0 Å². The standard InChI is InChI=1S/C33H39NO8/c1-21(18-24-12-9-17-42-24)34(26-15-16-28(38-2)32(40-4)31(26)39-3)20-27(35)25-14-13-23(19-22-10-7-6-8-11-22)29(30(25)36)33(37)41-5/h6-8,10-11,13-16,21,24,36H,9,12,17-20H2,1-5H3. The number of hydrogen-bond donors (Lipinski definition) is 1. The number of aromatic hydroxyl groups is 1. The lowest BCUT2D eigenvalue weighted by Crippen LogP contribution is -2.40. The van der Waals surface area contributed by atoms with E-state index in [1.807, 2.05) is 48.2 Å². The number of benzene rings is 3. The first kappa shape index (κ1) is 30.7. The zero-order valence-corrected chi connectivity index (χ0v) is 24.8. The Labute approximate surface area is 246 Å². The molecule has 1 saturated heterocycles. The van der Waals surface area contributed by atoms with Crippen molar-refractivity contribution in [3.8, 4) is 23.0 Å². The number of ether oxygens (including phenoxy) is 5. The predicted molar refractivity (Wildman–Crippen MR) is 160 cm³/mol. The molecule has 0 spiro atoms. The number of methoxy groups -OCH3 is 4. The Morgan fingerprint density at radius 2 is 1.71 bits per heavy atom. The highest BCUT2D eigenvalue weighted by Gasteiger charge is 2.30. The molecule has 2 atom stereocenters. The van der Waals surface area contributed by atoms with Crippen molar-refractivity contribution in [2.45, 2.75) is 44.8 Å². The summed E-state index contributed by atoms with van der Waals surface area (Å²) in [6.45, 7) is 2.63. The largest absolute Gasteiger partial charge is 0.506 e. The fourth-order valence-electron chi connectivity index (χ4n) is 5.52. The molecule has 224 valence electrons. The van der Waals surface area contributed by atoms with E-state index in [-0.39, 0.29) is 35.6 Å². The van der Waals surface area contributed by atoms with Gasteiger partial charge in [0.15, 0.2) is 17.3 Å². The highest BCUT2D eigenvalue weighted by Crippen LogP contribution is 2.45. The molecule has 1 aliphatic heterocycles. The smallest absolute Gasteiger partial charge is 0.341 e. The van der Waals surface area contributed by atoms with E-state index in [1.165, 1.54) is 21.3 Å². The van der Waals surface area contributed by atoms with Crippen LogP contribution in [0.3, 0.4) is 0 Å². The first-order valence-electron chi connectivity index (χ1n) is 14.0. The third-order valence-corrected chi connectivity index (χ3v) is 7.66. The average molecular weight is 578 g/mol. The second-order valence-electron chi connectivity index (χ2n) is 10.3. The van der Waals surface area contributed by atoms with Gasteiger partial charge < -0.3 is 33.7 Å². The van der Waals surface area contributed by atoms with E-state index in [2.05, 4.69) is 0 Å². The van der Waals surface area contributed by atoms with Crippen LogP contribution in [0.2, 0.25) is 0 Å². The van der Waals surface area contributed by atoms with Crippen LogP contribution < -0.4 is 19.1 Å². The van der Waals surface area contributed by atoms with Gasteiger partial charge in [-0.3, -0.25) is 4.79 Å². The van der Waals surface area contributed by atoms with Gasteiger partial charge in [-0.05, 0) is 61.9 Å². The van der Waals surface area contributed by atoms with E-state index < -0.39 is 11.7 Å². The number of Topliss-reactive ketones (excluding diaryl/α,β-unsaturated/α-hetero) is 1. The second-order valence-corrected chi connectivity index (χ2v) is 10.3. The Morgan fingerprint density at radius 3 is 2.33 bits per heavy atom. The van der Waals surface area contributed by atoms with Crippen LogP contribution in [-0.2, 0) is 15.9 Å². The van der Waals surface area contributed by atoms with Gasteiger partial charge in [-0.25, -0.2) is 4.79 Å². The number of hydrogen-bond acceptors (Lipinski definition) is 9. The van der Waals surface area contributed by atoms with Gasteiger partial charge in [-0.1, -0.05) is 36.4 Å². The van der Waals surface area contributed by atoms with E-state index >= 15 is 0 Å². The molecule has 1 aliphatic rings. The first-order chi connectivity index (χ1) is 20.3. The minimum atomic E-state index is -0.710. The average Bonchev–Trinajstić information content (AvgIpc) is 3.52. The Hall–Kier alpha value is -4.24. The van der Waals surface area contributed by atoms with Gasteiger partial charge >= 0.3 is 5.97 Å². The van der Waals surface area contributed by atoms with E-state index in [1.54, 1.807) is 25.3 Å². The van der Waals surface area contributed by atoms with Crippen LogP contribution >= 0.6 is 0 Å². The molecule has 0 radical (unpaired) electrons. The zero-order chi connectivity index (χ0) is 30.2. The minimum absolute atomic E-state index is 0.0187. The number of ketones is 1. The summed E-state index contributed by atoms with van der Waals surface area (Å²) < 4.78 is 27.7. The minimum Gasteiger partial charge on any atom is -0.506 e. The molecule has 9 nitrogen and oxygen atoms in total. The van der Waals surface area contributed by atoms with Gasteiger partial charge in [0.2, 0.25) is 5.75 Å². The third kappa shape index (κ3) is 6.62. The normalized spacial score (nSPS) is 15.1. The van der Waals surface area contributed by atoms with Crippen LogP contribution in [0, 0.1) is 0 Å². The molecule has 9 heteroatoms. The van der Waals surface area contributed by atoms with Crippen LogP contribution in [0.5, 0.6) is 23.0 Å². The van der Waals surface area contributed by atoms with E-state index in [4.69, 9.17) is 23.7 Å². The summed E-state index contributed by atoms with van der Waals surface area (Å²) >= 11 is 0. The molecular formula is C33H39NO8. The lowest BCUT2D eigenvalue weighted by atomic mass is 9.94. The third-order valence-electron chi connectivity index (χ3n) is 7.66. The van der Waals surface area contributed by atoms with Crippen LogP contribution in [0.4, 0.5) is 5.69 Å². The van der Waals surface area contributed by atoms with Crippen molar-refractivity contribution in [1.82, 2.24) is 0 Å². The van der Waals surface area contributed by atoms with Crippen molar-refractivity contribution >= 4 is 17.4 Å².